The average Bonchev–Trinajstić information content (AvgIpc) is 3.04. The van der Waals surface area contributed by atoms with E-state index in [4.69, 9.17) is 9.47 Å². The van der Waals surface area contributed by atoms with E-state index in [-0.39, 0.29) is 41.4 Å². The molecule has 0 bridgehead atoms. The van der Waals surface area contributed by atoms with Crippen LogP contribution in [0, 0.1) is 18.3 Å². The number of phenolic OH excluding ortho intramolecular Hbond substituents is 1. The van der Waals surface area contributed by atoms with E-state index in [1.165, 1.54) is 12.1 Å². The number of hydrogen-bond acceptors (Lipinski definition) is 8. The second-order valence-electron chi connectivity index (χ2n) is 6.28. The summed E-state index contributed by atoms with van der Waals surface area (Å²) < 4.78 is 10.5. The molecule has 2 aromatic rings. The van der Waals surface area contributed by atoms with Gasteiger partial charge in [-0.15, -0.1) is 11.3 Å². The predicted molar refractivity (Wildman–Crippen MR) is 119 cm³/mol. The number of thiophene rings is 1. The molecule has 2 rings (SSSR count). The number of allylic oxidation sites excluding steroid dienone is 1. The van der Waals surface area contributed by atoms with Crippen molar-refractivity contribution < 1.29 is 29.0 Å². The number of phenols is 1. The molecule has 0 fully saturated rings. The number of nitriles is 1. The molecule has 1 aromatic heterocycles. The highest BCUT2D eigenvalue weighted by Gasteiger charge is 2.28. The summed E-state index contributed by atoms with van der Waals surface area (Å²) in [5.74, 6) is -1.71. The Morgan fingerprint density at radius 2 is 1.84 bits per heavy atom. The smallest absolute Gasteiger partial charge is 0.348 e. The first-order valence-electron chi connectivity index (χ1n) is 9.33. The van der Waals surface area contributed by atoms with Crippen LogP contribution in [-0.2, 0) is 20.7 Å². The second-order valence-corrected chi connectivity index (χ2v) is 8.24. The number of hydrogen-bond donors (Lipinski definition) is 1. The summed E-state index contributed by atoms with van der Waals surface area (Å²) >= 11 is 4.17. The molecule has 1 N–H and O–H groups in total. The number of ether oxygens (including phenoxy) is 2. The fourth-order valence-electron chi connectivity index (χ4n) is 2.76. The molecule has 7 nitrogen and oxygen atoms in total. The van der Waals surface area contributed by atoms with Gasteiger partial charge in [0.15, 0.2) is 5.78 Å². The Labute approximate surface area is 192 Å². The highest BCUT2D eigenvalue weighted by atomic mass is 79.9. The van der Waals surface area contributed by atoms with E-state index in [1.54, 1.807) is 32.9 Å². The fraction of sp³-hybridized carbons (Fsp3) is 0.273. The fourth-order valence-corrected chi connectivity index (χ4v) is 4.34. The van der Waals surface area contributed by atoms with Gasteiger partial charge in [-0.1, -0.05) is 6.07 Å². The zero-order valence-electron chi connectivity index (χ0n) is 17.2. The van der Waals surface area contributed by atoms with Gasteiger partial charge in [0.2, 0.25) is 0 Å². The first-order chi connectivity index (χ1) is 14.7. The number of esters is 2. The first kappa shape index (κ1) is 24.3. The number of aromatic hydroxyl groups is 1. The molecule has 1 heterocycles. The van der Waals surface area contributed by atoms with Crippen LogP contribution >= 0.6 is 27.3 Å². The number of benzene rings is 1. The third-order valence-corrected chi connectivity index (χ3v) is 6.09. The van der Waals surface area contributed by atoms with Crippen LogP contribution < -0.4 is 0 Å². The van der Waals surface area contributed by atoms with Gasteiger partial charge in [0.25, 0.3) is 0 Å². The van der Waals surface area contributed by atoms with Crippen molar-refractivity contribution in [2.75, 3.05) is 13.2 Å². The van der Waals surface area contributed by atoms with Gasteiger partial charge < -0.3 is 14.6 Å². The van der Waals surface area contributed by atoms with E-state index in [1.807, 2.05) is 6.07 Å². The number of nitrogens with zero attached hydrogens (tertiary/aromatic N) is 1. The minimum atomic E-state index is -0.639. The Bertz CT molecular complexity index is 1100. The summed E-state index contributed by atoms with van der Waals surface area (Å²) in [6.45, 7) is 5.22. The summed E-state index contributed by atoms with van der Waals surface area (Å²) in [5.41, 5.74) is 0.938. The van der Waals surface area contributed by atoms with Crippen LogP contribution in [0.4, 0.5) is 0 Å². The molecule has 0 aliphatic rings. The molecular formula is C22H20BrNO6S. The molecule has 0 spiro atoms. The Hall–Kier alpha value is -2.96. The topological polar surface area (TPSA) is 114 Å². The van der Waals surface area contributed by atoms with Crippen molar-refractivity contribution in [3.8, 4) is 11.8 Å². The maximum absolute atomic E-state index is 12.8. The quantitative estimate of drug-likeness (QED) is 0.316. The molecule has 0 amide bonds. The summed E-state index contributed by atoms with van der Waals surface area (Å²) in [5, 5.41) is 19.1. The van der Waals surface area contributed by atoms with Gasteiger partial charge in [-0.2, -0.15) is 5.26 Å². The zero-order valence-corrected chi connectivity index (χ0v) is 19.6. The molecule has 0 unspecified atom stereocenters. The molecule has 0 atom stereocenters. The van der Waals surface area contributed by atoms with E-state index < -0.39 is 17.7 Å². The maximum Gasteiger partial charge on any atom is 0.348 e. The Kier molecular flexibility index (Phi) is 8.54. The molecule has 0 saturated carbocycles. The Balaban J connectivity index is 2.43. The Morgan fingerprint density at radius 3 is 2.42 bits per heavy atom. The van der Waals surface area contributed by atoms with Crippen molar-refractivity contribution in [1.82, 2.24) is 0 Å². The minimum absolute atomic E-state index is 0.0293. The molecule has 31 heavy (non-hydrogen) atoms. The summed E-state index contributed by atoms with van der Waals surface area (Å²) in [6.07, 6.45) is 1.14. The number of carbonyl (C=O) groups is 3. The number of halogens is 1. The second kappa shape index (κ2) is 10.9. The van der Waals surface area contributed by atoms with Crippen molar-refractivity contribution in [3.05, 3.63) is 54.7 Å². The van der Waals surface area contributed by atoms with Gasteiger partial charge in [0.05, 0.1) is 28.8 Å². The minimum Gasteiger partial charge on any atom is -0.507 e. The molecule has 9 heteroatoms. The highest BCUT2D eigenvalue weighted by Crippen LogP contribution is 2.31. The third kappa shape index (κ3) is 5.81. The van der Waals surface area contributed by atoms with Crippen LogP contribution in [0.5, 0.6) is 5.75 Å². The van der Waals surface area contributed by atoms with Gasteiger partial charge >= 0.3 is 11.9 Å². The summed E-state index contributed by atoms with van der Waals surface area (Å²) in [7, 11) is 0. The molecule has 0 saturated heterocycles. The van der Waals surface area contributed by atoms with Gasteiger partial charge in [-0.3, -0.25) is 4.79 Å². The van der Waals surface area contributed by atoms with Crippen LogP contribution in [0.2, 0.25) is 0 Å². The summed E-state index contributed by atoms with van der Waals surface area (Å²) in [4.78, 5) is 38.1. The SMILES string of the molecule is CCOC(=O)c1sc(CC(=O)/C(C#N)=C/c2ccc(O)c(Br)c2)c(C(=O)OCC)c1C. The largest absolute Gasteiger partial charge is 0.507 e. The number of Topliss-reactive ketones (excluding diaryl/α,β-unsaturated/α-hetero) is 1. The highest BCUT2D eigenvalue weighted by molar-refractivity contribution is 9.10. The third-order valence-electron chi connectivity index (χ3n) is 4.18. The van der Waals surface area contributed by atoms with Crippen molar-refractivity contribution in [3.63, 3.8) is 0 Å². The number of rotatable bonds is 8. The van der Waals surface area contributed by atoms with Crippen LogP contribution in [0.1, 0.15) is 49.9 Å². The first-order valence-corrected chi connectivity index (χ1v) is 10.9. The molecule has 0 aliphatic carbocycles. The molecule has 0 radical (unpaired) electrons. The van der Waals surface area contributed by atoms with Gasteiger partial charge in [0.1, 0.15) is 16.7 Å². The Morgan fingerprint density at radius 1 is 1.19 bits per heavy atom. The number of carbonyl (C=O) groups excluding carboxylic acids is 3. The van der Waals surface area contributed by atoms with Crippen molar-refractivity contribution >= 4 is 51.1 Å². The lowest BCUT2D eigenvalue weighted by atomic mass is 10.0. The molecule has 162 valence electrons. The standard InChI is InChI=1S/C22H20BrNO6S/c1-4-29-21(27)19-12(3)20(22(28)30-5-2)31-18(19)10-17(26)14(11-24)8-13-6-7-16(25)15(23)9-13/h6-9,25H,4-5,10H2,1-3H3/b14-8+. The summed E-state index contributed by atoms with van der Waals surface area (Å²) in [6, 6.07) is 6.43. The van der Waals surface area contributed by atoms with Crippen LogP contribution in [0.25, 0.3) is 6.08 Å². The van der Waals surface area contributed by atoms with Crippen molar-refractivity contribution in [2.45, 2.75) is 27.2 Å². The number of ketones is 1. The van der Waals surface area contributed by atoms with Gasteiger partial charge in [-0.25, -0.2) is 9.59 Å². The molecule has 0 aliphatic heterocycles. The van der Waals surface area contributed by atoms with E-state index in [2.05, 4.69) is 15.9 Å². The monoisotopic (exact) mass is 505 g/mol. The van der Waals surface area contributed by atoms with E-state index in [9.17, 15) is 24.8 Å². The lowest BCUT2D eigenvalue weighted by Crippen LogP contribution is -2.12. The zero-order chi connectivity index (χ0) is 23.1. The predicted octanol–water partition coefficient (Wildman–Crippen LogP) is 4.60. The molecular weight excluding hydrogens is 486 g/mol. The van der Waals surface area contributed by atoms with Crippen LogP contribution in [-0.4, -0.2) is 36.0 Å². The van der Waals surface area contributed by atoms with E-state index >= 15 is 0 Å². The van der Waals surface area contributed by atoms with Crippen molar-refractivity contribution in [2.24, 2.45) is 0 Å². The average molecular weight is 506 g/mol. The van der Waals surface area contributed by atoms with Crippen molar-refractivity contribution in [1.29, 1.82) is 5.26 Å². The molecule has 1 aromatic carbocycles. The van der Waals surface area contributed by atoms with E-state index in [0.717, 1.165) is 11.3 Å². The van der Waals surface area contributed by atoms with E-state index in [0.29, 0.717) is 20.5 Å². The lowest BCUT2D eigenvalue weighted by Gasteiger charge is -2.05. The lowest BCUT2D eigenvalue weighted by molar-refractivity contribution is -0.114. The van der Waals surface area contributed by atoms with Crippen LogP contribution in [0.15, 0.2) is 28.2 Å². The van der Waals surface area contributed by atoms with Gasteiger partial charge in [-0.05, 0) is 66.0 Å². The van der Waals surface area contributed by atoms with Gasteiger partial charge in [0, 0.05) is 11.3 Å². The maximum atomic E-state index is 12.8. The van der Waals surface area contributed by atoms with Crippen LogP contribution in [0.3, 0.4) is 0 Å². The normalized spacial score (nSPS) is 11.0.